The Morgan fingerprint density at radius 3 is 2.86 bits per heavy atom. The van der Waals surface area contributed by atoms with Gasteiger partial charge in [-0.2, -0.15) is 0 Å². The lowest BCUT2D eigenvalue weighted by Gasteiger charge is -2.60. The summed E-state index contributed by atoms with van der Waals surface area (Å²) in [6, 6.07) is 0. The Labute approximate surface area is 208 Å². The second kappa shape index (κ2) is 7.95. The number of aliphatic hydroxyl groups excluding tert-OH is 1. The number of carbonyl (C=O) groups is 2. The van der Waals surface area contributed by atoms with Gasteiger partial charge in [0.2, 0.25) is 0 Å². The number of aliphatic hydroxyl groups is 2. The Morgan fingerprint density at radius 2 is 2.03 bits per heavy atom. The van der Waals surface area contributed by atoms with Gasteiger partial charge in [0.1, 0.15) is 22.5 Å². The van der Waals surface area contributed by atoms with Crippen molar-refractivity contribution in [3.63, 3.8) is 0 Å². The molecule has 0 bridgehead atoms. The van der Waals surface area contributed by atoms with Crippen LogP contribution in [0.2, 0.25) is 0 Å². The van der Waals surface area contributed by atoms with E-state index < -0.39 is 17.1 Å². The zero-order valence-corrected chi connectivity index (χ0v) is 21.0. The monoisotopic (exact) mass is 496 g/mol. The van der Waals surface area contributed by atoms with Gasteiger partial charge in [-0.3, -0.25) is 9.59 Å². The molecule has 8 nitrogen and oxygen atoms in total. The number of thioether (sulfide) groups is 1. The normalized spacial score (nSPS) is 40.7. The van der Waals surface area contributed by atoms with E-state index in [1.807, 2.05) is 13.0 Å². The molecule has 0 aliphatic heterocycles. The molecule has 7 atom stereocenters. The molecule has 0 amide bonds. The number of ketones is 2. The van der Waals surface area contributed by atoms with Crippen LogP contribution in [0.5, 0.6) is 0 Å². The van der Waals surface area contributed by atoms with Gasteiger partial charge in [0.15, 0.2) is 17.2 Å². The maximum Gasteiger partial charge on any atom is 0.181 e. The Bertz CT molecular complexity index is 1240. The van der Waals surface area contributed by atoms with E-state index in [9.17, 15) is 19.8 Å². The van der Waals surface area contributed by atoms with Gasteiger partial charge in [0.25, 0.3) is 0 Å². The topological polar surface area (TPSA) is 129 Å². The number of carbonyl (C=O) groups excluding carboxylic acids is 2. The van der Waals surface area contributed by atoms with Crippen molar-refractivity contribution in [2.24, 2.45) is 28.6 Å². The van der Waals surface area contributed by atoms with Gasteiger partial charge in [-0.1, -0.05) is 31.2 Å². The van der Waals surface area contributed by atoms with E-state index in [2.05, 4.69) is 26.9 Å². The summed E-state index contributed by atoms with van der Waals surface area (Å²) in [5.41, 5.74) is 0.0908. The molecule has 0 aromatic carbocycles. The van der Waals surface area contributed by atoms with Crippen molar-refractivity contribution in [3.8, 4) is 0 Å². The number of nitrogens with zero attached hydrogens (tertiary/aromatic N) is 3. The summed E-state index contributed by atoms with van der Waals surface area (Å²) in [4.78, 5) is 41.3. The standard InChI is InChI=1S/C26H32N4O4S/c1-24-7-5-15(31)9-14(24)3-4-16-17-6-8-26(34,25(17,2)10-18(32)20(16)24)19(33)11-35-23-21-22(28-12-27-21)29-13-30-23/h9,12-13,16-18,20,32,34H,3-8,10-11H2,1-2H3,(H,27,28,29,30)/t16-,17-,18-,20+,24-,25-,26-/m0/s1. The van der Waals surface area contributed by atoms with Crippen LogP contribution in [-0.2, 0) is 9.59 Å². The summed E-state index contributed by atoms with van der Waals surface area (Å²) < 4.78 is 0. The highest BCUT2D eigenvalue weighted by atomic mass is 32.2. The van der Waals surface area contributed by atoms with Crippen molar-refractivity contribution in [3.05, 3.63) is 24.3 Å². The summed E-state index contributed by atoms with van der Waals surface area (Å²) in [5.74, 6) is 0.566. The van der Waals surface area contributed by atoms with Gasteiger partial charge in [0.05, 0.1) is 18.2 Å². The number of hydrogen-bond acceptors (Lipinski definition) is 8. The van der Waals surface area contributed by atoms with Crippen LogP contribution in [0.3, 0.4) is 0 Å². The number of H-pyrrole nitrogens is 1. The van der Waals surface area contributed by atoms with Crippen LogP contribution >= 0.6 is 11.8 Å². The molecule has 35 heavy (non-hydrogen) atoms. The lowest BCUT2D eigenvalue weighted by Crippen LogP contribution is -2.61. The molecule has 4 aliphatic carbocycles. The van der Waals surface area contributed by atoms with Gasteiger partial charge in [-0.05, 0) is 67.8 Å². The minimum absolute atomic E-state index is 0.0650. The maximum absolute atomic E-state index is 13.6. The molecular weight excluding hydrogens is 464 g/mol. The first-order valence-corrected chi connectivity index (χ1v) is 13.6. The van der Waals surface area contributed by atoms with E-state index in [0.29, 0.717) is 35.5 Å². The molecule has 4 aliphatic rings. The molecule has 0 unspecified atom stereocenters. The van der Waals surface area contributed by atoms with Gasteiger partial charge >= 0.3 is 0 Å². The second-order valence-corrected chi connectivity index (χ2v) is 12.4. The van der Waals surface area contributed by atoms with Gasteiger partial charge in [0, 0.05) is 11.8 Å². The second-order valence-electron chi connectivity index (χ2n) is 11.5. The molecule has 2 aromatic rings. The molecule has 3 saturated carbocycles. The molecule has 2 aromatic heterocycles. The lowest BCUT2D eigenvalue weighted by molar-refractivity contribution is -0.178. The predicted octanol–water partition coefficient (Wildman–Crippen LogP) is 3.25. The SMILES string of the molecule is C[C@]12CCC(=O)C=C1CC[C@@H]1[C@@H]2[C@@H](O)C[C@@]2(C)[C@H]1CC[C@]2(O)C(=O)CSc1ncnc2nc[nH]c12. The van der Waals surface area contributed by atoms with Crippen molar-refractivity contribution in [2.75, 3.05) is 5.75 Å². The summed E-state index contributed by atoms with van der Waals surface area (Å²) in [5, 5.41) is 24.1. The Morgan fingerprint density at radius 1 is 1.20 bits per heavy atom. The van der Waals surface area contributed by atoms with Crippen LogP contribution in [0, 0.1) is 28.6 Å². The third-order valence-electron chi connectivity index (χ3n) is 10.0. The predicted molar refractivity (Wildman–Crippen MR) is 130 cm³/mol. The van der Waals surface area contributed by atoms with Crippen molar-refractivity contribution >= 4 is 34.5 Å². The highest BCUT2D eigenvalue weighted by Crippen LogP contribution is 2.67. The van der Waals surface area contributed by atoms with Gasteiger partial charge in [-0.15, -0.1) is 0 Å². The van der Waals surface area contributed by atoms with Gasteiger partial charge in [-0.25, -0.2) is 15.0 Å². The van der Waals surface area contributed by atoms with E-state index in [1.165, 1.54) is 23.7 Å². The van der Waals surface area contributed by atoms with E-state index in [0.717, 1.165) is 25.7 Å². The average Bonchev–Trinajstić information content (AvgIpc) is 3.41. The number of hydrogen-bond donors (Lipinski definition) is 3. The number of rotatable bonds is 4. The molecular formula is C26H32N4O4S. The molecule has 3 N–H and O–H groups in total. The van der Waals surface area contributed by atoms with E-state index in [1.54, 1.807) is 6.33 Å². The van der Waals surface area contributed by atoms with Crippen molar-refractivity contribution in [1.82, 2.24) is 19.9 Å². The number of aromatic amines is 1. The molecule has 0 radical (unpaired) electrons. The number of Topliss-reactive ketones (excluding diaryl/α,β-unsaturated/α-hetero) is 1. The molecule has 186 valence electrons. The third kappa shape index (κ3) is 3.23. The molecule has 3 fully saturated rings. The largest absolute Gasteiger partial charge is 0.393 e. The highest BCUT2D eigenvalue weighted by molar-refractivity contribution is 8.00. The third-order valence-corrected chi connectivity index (χ3v) is 11.0. The van der Waals surface area contributed by atoms with Crippen molar-refractivity contribution in [2.45, 2.75) is 75.5 Å². The van der Waals surface area contributed by atoms with E-state index >= 15 is 0 Å². The van der Waals surface area contributed by atoms with Crippen LogP contribution in [0.25, 0.3) is 11.2 Å². The highest BCUT2D eigenvalue weighted by Gasteiger charge is 2.68. The maximum atomic E-state index is 13.6. The quantitative estimate of drug-likeness (QED) is 0.435. The number of aromatic nitrogens is 4. The first kappa shape index (κ1) is 23.3. The summed E-state index contributed by atoms with van der Waals surface area (Å²) in [6.07, 6.45) is 8.87. The van der Waals surface area contributed by atoms with Crippen LogP contribution in [0.1, 0.15) is 58.8 Å². The summed E-state index contributed by atoms with van der Waals surface area (Å²) in [6.45, 7) is 4.23. The molecule has 0 spiro atoms. The average molecular weight is 497 g/mol. The minimum Gasteiger partial charge on any atom is -0.393 e. The summed E-state index contributed by atoms with van der Waals surface area (Å²) >= 11 is 1.29. The fourth-order valence-corrected chi connectivity index (χ4v) is 9.18. The van der Waals surface area contributed by atoms with Gasteiger partial charge < -0.3 is 15.2 Å². The first-order valence-electron chi connectivity index (χ1n) is 12.6. The van der Waals surface area contributed by atoms with Crippen LogP contribution in [0.15, 0.2) is 29.3 Å². The minimum atomic E-state index is -1.48. The van der Waals surface area contributed by atoms with Crippen LogP contribution in [0.4, 0.5) is 0 Å². The lowest BCUT2D eigenvalue weighted by atomic mass is 9.45. The molecule has 6 rings (SSSR count). The van der Waals surface area contributed by atoms with Crippen LogP contribution in [-0.4, -0.2) is 59.2 Å². The Hall–Kier alpha value is -2.10. The molecule has 9 heteroatoms. The van der Waals surface area contributed by atoms with Crippen LogP contribution < -0.4 is 0 Å². The Balaban J connectivity index is 1.26. The zero-order chi connectivity index (χ0) is 24.6. The van der Waals surface area contributed by atoms with E-state index in [4.69, 9.17) is 0 Å². The Kier molecular flexibility index (Phi) is 5.29. The number of allylic oxidation sites excluding steroid dienone is 1. The number of fused-ring (bicyclic) bond motifs is 6. The fourth-order valence-electron chi connectivity index (χ4n) is 8.26. The molecule has 0 saturated heterocycles. The number of imidazole rings is 1. The van der Waals surface area contributed by atoms with Crippen molar-refractivity contribution < 1.29 is 19.8 Å². The van der Waals surface area contributed by atoms with E-state index in [-0.39, 0.29) is 40.5 Å². The van der Waals surface area contributed by atoms with Crippen molar-refractivity contribution in [1.29, 1.82) is 0 Å². The number of nitrogens with one attached hydrogen (secondary N) is 1. The fraction of sp³-hybridized carbons (Fsp3) is 0.654. The zero-order valence-electron chi connectivity index (χ0n) is 20.2. The smallest absolute Gasteiger partial charge is 0.181 e. The molecule has 2 heterocycles. The summed E-state index contributed by atoms with van der Waals surface area (Å²) in [7, 11) is 0. The first-order chi connectivity index (χ1) is 16.7.